The summed E-state index contributed by atoms with van der Waals surface area (Å²) in [5.41, 5.74) is 1.80. The van der Waals surface area contributed by atoms with Crippen LogP contribution in [-0.4, -0.2) is 21.9 Å². The number of nitrogens with zero attached hydrogens (tertiary/aromatic N) is 3. The fraction of sp³-hybridized carbons (Fsp3) is 0.333. The van der Waals surface area contributed by atoms with Crippen molar-refractivity contribution < 1.29 is 4.74 Å². The average molecular weight is 177 g/mol. The quantitative estimate of drug-likeness (QED) is 0.658. The van der Waals surface area contributed by atoms with Crippen molar-refractivity contribution in [3.05, 3.63) is 18.0 Å². The molecule has 68 valence electrons. The van der Waals surface area contributed by atoms with E-state index in [1.54, 1.807) is 18.0 Å². The summed E-state index contributed by atoms with van der Waals surface area (Å²) in [6, 6.07) is 1.91. The van der Waals surface area contributed by atoms with Gasteiger partial charge in [0, 0.05) is 18.8 Å². The summed E-state index contributed by atoms with van der Waals surface area (Å²) in [4.78, 5) is 4.36. The number of methoxy groups -OCH3 is 1. The number of aromatic nitrogens is 3. The van der Waals surface area contributed by atoms with Gasteiger partial charge in [-0.3, -0.25) is 4.68 Å². The van der Waals surface area contributed by atoms with Crippen LogP contribution in [0.1, 0.15) is 5.69 Å². The van der Waals surface area contributed by atoms with Crippen molar-refractivity contribution in [1.29, 1.82) is 0 Å². The Kier molecular flexibility index (Phi) is 1.69. The molecular formula is C9H11N3O. The van der Waals surface area contributed by atoms with E-state index in [1.807, 2.05) is 20.0 Å². The molecule has 0 spiro atoms. The molecule has 0 saturated carbocycles. The van der Waals surface area contributed by atoms with E-state index < -0.39 is 0 Å². The van der Waals surface area contributed by atoms with E-state index in [-0.39, 0.29) is 0 Å². The highest BCUT2D eigenvalue weighted by atomic mass is 16.5. The number of hydrogen-bond donors (Lipinski definition) is 0. The van der Waals surface area contributed by atoms with Crippen LogP contribution in [0.4, 0.5) is 0 Å². The van der Waals surface area contributed by atoms with Gasteiger partial charge in [0.2, 0.25) is 0 Å². The highest BCUT2D eigenvalue weighted by molar-refractivity contribution is 5.81. The van der Waals surface area contributed by atoms with E-state index in [9.17, 15) is 0 Å². The van der Waals surface area contributed by atoms with Gasteiger partial charge in [-0.1, -0.05) is 0 Å². The number of aryl methyl sites for hydroxylation is 2. The van der Waals surface area contributed by atoms with Crippen molar-refractivity contribution in [2.24, 2.45) is 7.05 Å². The maximum Gasteiger partial charge on any atom is 0.161 e. The van der Waals surface area contributed by atoms with Gasteiger partial charge in [-0.15, -0.1) is 0 Å². The van der Waals surface area contributed by atoms with E-state index in [0.717, 1.165) is 22.5 Å². The maximum absolute atomic E-state index is 5.23. The first-order valence-electron chi connectivity index (χ1n) is 4.05. The van der Waals surface area contributed by atoms with E-state index in [1.165, 1.54) is 0 Å². The van der Waals surface area contributed by atoms with Gasteiger partial charge in [-0.25, -0.2) is 4.98 Å². The minimum absolute atomic E-state index is 0.829. The monoisotopic (exact) mass is 177 g/mol. The molecule has 0 bridgehead atoms. The van der Waals surface area contributed by atoms with Crippen LogP contribution in [0.5, 0.6) is 5.75 Å². The van der Waals surface area contributed by atoms with Crippen molar-refractivity contribution in [3.8, 4) is 5.75 Å². The first kappa shape index (κ1) is 8.04. The van der Waals surface area contributed by atoms with Crippen LogP contribution in [0.15, 0.2) is 12.3 Å². The molecule has 0 aliphatic rings. The van der Waals surface area contributed by atoms with Crippen molar-refractivity contribution in [1.82, 2.24) is 14.8 Å². The summed E-state index contributed by atoms with van der Waals surface area (Å²) in [6.45, 7) is 1.94. The molecule has 4 nitrogen and oxygen atoms in total. The predicted octanol–water partition coefficient (Wildman–Crippen LogP) is 1.29. The Hall–Kier alpha value is -1.58. The third kappa shape index (κ3) is 1.14. The highest BCUT2D eigenvalue weighted by Gasteiger charge is 2.07. The fourth-order valence-corrected chi connectivity index (χ4v) is 1.37. The second kappa shape index (κ2) is 2.73. The molecule has 2 aromatic heterocycles. The Morgan fingerprint density at radius 3 is 2.92 bits per heavy atom. The summed E-state index contributed by atoms with van der Waals surface area (Å²) < 4.78 is 6.97. The van der Waals surface area contributed by atoms with Gasteiger partial charge in [0.25, 0.3) is 0 Å². The third-order valence-electron chi connectivity index (χ3n) is 2.02. The zero-order valence-corrected chi connectivity index (χ0v) is 7.90. The molecule has 2 rings (SSSR count). The van der Waals surface area contributed by atoms with E-state index in [4.69, 9.17) is 4.74 Å². The summed E-state index contributed by atoms with van der Waals surface area (Å²) in [6.07, 6.45) is 1.76. The Morgan fingerprint density at radius 2 is 2.23 bits per heavy atom. The lowest BCUT2D eigenvalue weighted by Crippen LogP contribution is -1.94. The minimum Gasteiger partial charge on any atom is -0.496 e. The fourth-order valence-electron chi connectivity index (χ4n) is 1.37. The standard InChI is InChI=1S/C9H11N3O/c1-6-4-8(13-3)7-5-10-12(2)9(7)11-6/h4-5H,1-3H3. The first-order valence-corrected chi connectivity index (χ1v) is 4.05. The zero-order chi connectivity index (χ0) is 9.42. The van der Waals surface area contributed by atoms with Gasteiger partial charge in [0.15, 0.2) is 5.65 Å². The molecule has 0 aliphatic heterocycles. The maximum atomic E-state index is 5.23. The molecule has 2 heterocycles. The van der Waals surface area contributed by atoms with E-state index >= 15 is 0 Å². The molecule has 0 unspecified atom stereocenters. The lowest BCUT2D eigenvalue weighted by molar-refractivity contribution is 0.419. The zero-order valence-electron chi connectivity index (χ0n) is 7.90. The summed E-state index contributed by atoms with van der Waals surface area (Å²) in [5, 5.41) is 5.07. The van der Waals surface area contributed by atoms with Gasteiger partial charge in [0.1, 0.15) is 5.75 Å². The van der Waals surface area contributed by atoms with Gasteiger partial charge in [0.05, 0.1) is 18.7 Å². The smallest absolute Gasteiger partial charge is 0.161 e. The van der Waals surface area contributed by atoms with Crippen LogP contribution in [-0.2, 0) is 7.05 Å². The van der Waals surface area contributed by atoms with Crippen LogP contribution < -0.4 is 4.74 Å². The third-order valence-corrected chi connectivity index (χ3v) is 2.02. The molecule has 0 aliphatic carbocycles. The average Bonchev–Trinajstić information content (AvgIpc) is 2.47. The molecule has 0 saturated heterocycles. The van der Waals surface area contributed by atoms with Crippen molar-refractivity contribution in [3.63, 3.8) is 0 Å². The largest absolute Gasteiger partial charge is 0.496 e. The van der Waals surface area contributed by atoms with Gasteiger partial charge < -0.3 is 4.74 Å². The van der Waals surface area contributed by atoms with Gasteiger partial charge in [-0.05, 0) is 6.92 Å². The van der Waals surface area contributed by atoms with E-state index in [2.05, 4.69) is 10.1 Å². The Labute approximate surface area is 76.1 Å². The number of ether oxygens (including phenoxy) is 1. The highest BCUT2D eigenvalue weighted by Crippen LogP contribution is 2.23. The molecule has 4 heteroatoms. The number of hydrogen-bond acceptors (Lipinski definition) is 3. The van der Waals surface area contributed by atoms with Crippen molar-refractivity contribution >= 4 is 11.0 Å². The molecule has 13 heavy (non-hydrogen) atoms. The number of rotatable bonds is 1. The predicted molar refractivity (Wildman–Crippen MR) is 49.8 cm³/mol. The molecule has 0 N–H and O–H groups in total. The molecular weight excluding hydrogens is 166 g/mol. The number of fused-ring (bicyclic) bond motifs is 1. The Bertz CT molecular complexity index is 447. The lowest BCUT2D eigenvalue weighted by atomic mass is 10.3. The number of pyridine rings is 1. The normalized spacial score (nSPS) is 10.7. The summed E-state index contributed by atoms with van der Waals surface area (Å²) in [5.74, 6) is 0.829. The van der Waals surface area contributed by atoms with Crippen LogP contribution in [0.3, 0.4) is 0 Å². The molecule has 0 radical (unpaired) electrons. The van der Waals surface area contributed by atoms with Gasteiger partial charge in [-0.2, -0.15) is 5.10 Å². The second-order valence-corrected chi connectivity index (χ2v) is 2.97. The minimum atomic E-state index is 0.829. The lowest BCUT2D eigenvalue weighted by Gasteiger charge is -2.02. The molecule has 0 amide bonds. The summed E-state index contributed by atoms with van der Waals surface area (Å²) in [7, 11) is 3.52. The second-order valence-electron chi connectivity index (χ2n) is 2.97. The summed E-state index contributed by atoms with van der Waals surface area (Å²) >= 11 is 0. The topological polar surface area (TPSA) is 39.9 Å². The Morgan fingerprint density at radius 1 is 1.46 bits per heavy atom. The molecule has 0 atom stereocenters. The molecule has 2 aromatic rings. The van der Waals surface area contributed by atoms with Crippen LogP contribution in [0.2, 0.25) is 0 Å². The van der Waals surface area contributed by atoms with Crippen LogP contribution in [0.25, 0.3) is 11.0 Å². The SMILES string of the molecule is COc1cc(C)nc2c1cnn2C. The van der Waals surface area contributed by atoms with E-state index in [0.29, 0.717) is 0 Å². The van der Waals surface area contributed by atoms with Crippen molar-refractivity contribution in [2.75, 3.05) is 7.11 Å². The van der Waals surface area contributed by atoms with Gasteiger partial charge >= 0.3 is 0 Å². The van der Waals surface area contributed by atoms with Crippen LogP contribution in [0, 0.1) is 6.92 Å². The van der Waals surface area contributed by atoms with Crippen molar-refractivity contribution in [2.45, 2.75) is 6.92 Å². The molecule has 0 fully saturated rings. The Balaban J connectivity index is 2.84. The van der Waals surface area contributed by atoms with Crippen LogP contribution >= 0.6 is 0 Å². The first-order chi connectivity index (χ1) is 6.22. The molecule has 0 aromatic carbocycles.